The molecule has 18 heavy (non-hydrogen) atoms. The Morgan fingerprint density at radius 3 is 2.44 bits per heavy atom. The number of halogens is 2. The standard InChI is InChI=1S/C14H22ClNO.ClH/c1-5-14(17,11(2)10-16(3)4)12-7-6-8-13(15)9-12;/h6-9,11,17H,5,10H2,1-4H3;1H. The Hall–Kier alpha value is -0.280. The second-order valence-corrected chi connectivity index (χ2v) is 5.39. The molecule has 0 bridgehead atoms. The first kappa shape index (κ1) is 17.7. The van der Waals surface area contributed by atoms with Crippen LogP contribution in [0.1, 0.15) is 25.8 Å². The quantitative estimate of drug-likeness (QED) is 0.897. The first-order valence-electron chi connectivity index (χ1n) is 6.03. The van der Waals surface area contributed by atoms with Gasteiger partial charge in [0, 0.05) is 17.5 Å². The van der Waals surface area contributed by atoms with E-state index < -0.39 is 5.60 Å². The third-order valence-corrected chi connectivity index (χ3v) is 3.55. The summed E-state index contributed by atoms with van der Waals surface area (Å²) in [6, 6.07) is 7.52. The normalized spacial score (nSPS) is 15.9. The summed E-state index contributed by atoms with van der Waals surface area (Å²) in [5.74, 6) is 0.154. The van der Waals surface area contributed by atoms with Crippen LogP contribution in [0.2, 0.25) is 5.02 Å². The number of aliphatic hydroxyl groups is 1. The predicted molar refractivity (Wildman–Crippen MR) is 80.6 cm³/mol. The summed E-state index contributed by atoms with van der Waals surface area (Å²) < 4.78 is 0. The molecule has 1 N–H and O–H groups in total. The van der Waals surface area contributed by atoms with Gasteiger partial charge < -0.3 is 10.0 Å². The molecule has 0 heterocycles. The van der Waals surface area contributed by atoms with Crippen molar-refractivity contribution in [2.45, 2.75) is 25.9 Å². The van der Waals surface area contributed by atoms with Crippen LogP contribution in [0.15, 0.2) is 24.3 Å². The third-order valence-electron chi connectivity index (χ3n) is 3.32. The summed E-state index contributed by atoms with van der Waals surface area (Å²) >= 11 is 6.00. The van der Waals surface area contributed by atoms with E-state index in [1.807, 2.05) is 45.3 Å². The zero-order valence-corrected chi connectivity index (χ0v) is 13.1. The number of hydrogen-bond donors (Lipinski definition) is 1. The lowest BCUT2D eigenvalue weighted by molar-refractivity contribution is -0.0291. The van der Waals surface area contributed by atoms with Crippen LogP contribution in [0.5, 0.6) is 0 Å². The van der Waals surface area contributed by atoms with Gasteiger partial charge in [0.05, 0.1) is 5.60 Å². The first-order chi connectivity index (χ1) is 7.90. The van der Waals surface area contributed by atoms with Gasteiger partial charge >= 0.3 is 0 Å². The van der Waals surface area contributed by atoms with Gasteiger partial charge in [-0.05, 0) is 38.2 Å². The molecule has 0 aliphatic heterocycles. The molecular formula is C14H23Cl2NO. The largest absolute Gasteiger partial charge is 0.385 e. The molecule has 0 saturated carbocycles. The smallest absolute Gasteiger partial charge is 0.0932 e. The van der Waals surface area contributed by atoms with Crippen molar-refractivity contribution in [3.05, 3.63) is 34.9 Å². The fourth-order valence-corrected chi connectivity index (χ4v) is 2.48. The van der Waals surface area contributed by atoms with Crippen molar-refractivity contribution in [2.24, 2.45) is 5.92 Å². The van der Waals surface area contributed by atoms with E-state index in [1.54, 1.807) is 0 Å². The molecule has 0 radical (unpaired) electrons. The second-order valence-electron chi connectivity index (χ2n) is 4.95. The van der Waals surface area contributed by atoms with Crippen LogP contribution in [0.25, 0.3) is 0 Å². The average molecular weight is 292 g/mol. The van der Waals surface area contributed by atoms with E-state index in [-0.39, 0.29) is 18.3 Å². The molecule has 104 valence electrons. The second kappa shape index (κ2) is 7.34. The Bertz CT molecular complexity index is 371. The van der Waals surface area contributed by atoms with E-state index >= 15 is 0 Å². The van der Waals surface area contributed by atoms with Crippen LogP contribution in [-0.2, 0) is 5.60 Å². The highest BCUT2D eigenvalue weighted by molar-refractivity contribution is 6.30. The van der Waals surface area contributed by atoms with E-state index in [1.165, 1.54) is 0 Å². The number of nitrogens with zero attached hydrogens (tertiary/aromatic N) is 1. The monoisotopic (exact) mass is 291 g/mol. The van der Waals surface area contributed by atoms with E-state index in [2.05, 4.69) is 11.8 Å². The van der Waals surface area contributed by atoms with Crippen molar-refractivity contribution >= 4 is 24.0 Å². The van der Waals surface area contributed by atoms with Crippen LogP contribution in [0.4, 0.5) is 0 Å². The molecule has 1 aromatic carbocycles. The number of rotatable bonds is 5. The molecule has 0 saturated heterocycles. The lowest BCUT2D eigenvalue weighted by Crippen LogP contribution is -2.38. The summed E-state index contributed by atoms with van der Waals surface area (Å²) in [5, 5.41) is 11.5. The number of hydrogen-bond acceptors (Lipinski definition) is 2. The van der Waals surface area contributed by atoms with Crippen LogP contribution in [0.3, 0.4) is 0 Å². The maximum Gasteiger partial charge on any atom is 0.0932 e. The summed E-state index contributed by atoms with van der Waals surface area (Å²) in [6.45, 7) is 4.92. The maximum atomic E-state index is 10.8. The van der Waals surface area contributed by atoms with E-state index in [9.17, 15) is 5.11 Å². The van der Waals surface area contributed by atoms with Crippen molar-refractivity contribution < 1.29 is 5.11 Å². The van der Waals surface area contributed by atoms with Gasteiger partial charge in [-0.15, -0.1) is 12.4 Å². The Labute approximate surface area is 121 Å². The summed E-state index contributed by atoms with van der Waals surface area (Å²) in [6.07, 6.45) is 0.683. The molecule has 4 heteroatoms. The zero-order valence-electron chi connectivity index (χ0n) is 11.5. The highest BCUT2D eigenvalue weighted by atomic mass is 35.5. The zero-order chi connectivity index (χ0) is 13.1. The van der Waals surface area contributed by atoms with Crippen LogP contribution in [-0.4, -0.2) is 30.6 Å². The molecule has 1 rings (SSSR count). The summed E-state index contributed by atoms with van der Waals surface area (Å²) in [5.41, 5.74) is 0.0941. The Morgan fingerprint density at radius 1 is 1.39 bits per heavy atom. The van der Waals surface area contributed by atoms with Gasteiger partial charge in [0.2, 0.25) is 0 Å². The molecule has 1 aromatic rings. The van der Waals surface area contributed by atoms with Crippen molar-refractivity contribution in [3.63, 3.8) is 0 Å². The summed E-state index contributed by atoms with van der Waals surface area (Å²) in [7, 11) is 4.04. The van der Waals surface area contributed by atoms with Gasteiger partial charge in [0.15, 0.2) is 0 Å². The third kappa shape index (κ3) is 4.13. The molecule has 0 fully saturated rings. The van der Waals surface area contributed by atoms with Crippen LogP contribution in [0, 0.1) is 5.92 Å². The topological polar surface area (TPSA) is 23.5 Å². The molecule has 2 atom stereocenters. The van der Waals surface area contributed by atoms with Gasteiger partial charge in [0.1, 0.15) is 0 Å². The minimum Gasteiger partial charge on any atom is -0.385 e. The van der Waals surface area contributed by atoms with E-state index in [4.69, 9.17) is 11.6 Å². The first-order valence-corrected chi connectivity index (χ1v) is 6.41. The van der Waals surface area contributed by atoms with Gasteiger partial charge in [0.25, 0.3) is 0 Å². The average Bonchev–Trinajstić information content (AvgIpc) is 2.27. The maximum absolute atomic E-state index is 10.8. The van der Waals surface area contributed by atoms with Crippen LogP contribution < -0.4 is 0 Å². The van der Waals surface area contributed by atoms with Crippen molar-refractivity contribution in [3.8, 4) is 0 Å². The predicted octanol–water partition coefficient (Wildman–Crippen LogP) is 3.56. The molecule has 0 aliphatic rings. The van der Waals surface area contributed by atoms with Gasteiger partial charge in [-0.2, -0.15) is 0 Å². The van der Waals surface area contributed by atoms with E-state index in [0.29, 0.717) is 11.4 Å². The fourth-order valence-electron chi connectivity index (χ4n) is 2.29. The minimum absolute atomic E-state index is 0. The molecule has 0 aliphatic carbocycles. The van der Waals surface area contributed by atoms with Crippen molar-refractivity contribution in [1.82, 2.24) is 4.90 Å². The van der Waals surface area contributed by atoms with Gasteiger partial charge in [-0.3, -0.25) is 0 Å². The summed E-state index contributed by atoms with van der Waals surface area (Å²) in [4.78, 5) is 2.09. The van der Waals surface area contributed by atoms with Crippen molar-refractivity contribution in [1.29, 1.82) is 0 Å². The molecular weight excluding hydrogens is 269 g/mol. The SMILES string of the molecule is CCC(O)(c1cccc(Cl)c1)C(C)CN(C)C.Cl. The number of benzene rings is 1. The van der Waals surface area contributed by atoms with Crippen LogP contribution >= 0.6 is 24.0 Å². The molecule has 2 unspecified atom stereocenters. The molecule has 0 spiro atoms. The lowest BCUT2D eigenvalue weighted by Gasteiger charge is -2.35. The highest BCUT2D eigenvalue weighted by Gasteiger charge is 2.34. The molecule has 0 amide bonds. The molecule has 2 nitrogen and oxygen atoms in total. The molecule has 0 aromatic heterocycles. The van der Waals surface area contributed by atoms with Gasteiger partial charge in [-0.25, -0.2) is 0 Å². The van der Waals surface area contributed by atoms with E-state index in [0.717, 1.165) is 12.1 Å². The highest BCUT2D eigenvalue weighted by Crippen LogP contribution is 2.34. The fraction of sp³-hybridized carbons (Fsp3) is 0.571. The Morgan fingerprint density at radius 2 is 2.00 bits per heavy atom. The van der Waals surface area contributed by atoms with Crippen molar-refractivity contribution in [2.75, 3.05) is 20.6 Å². The Balaban J connectivity index is 0.00000289. The van der Waals surface area contributed by atoms with Gasteiger partial charge in [-0.1, -0.05) is 37.6 Å². The Kier molecular flexibility index (Phi) is 7.23. The lowest BCUT2D eigenvalue weighted by atomic mass is 9.80. The minimum atomic E-state index is -0.810.